The smallest absolute Gasteiger partial charge is 0.258 e. The summed E-state index contributed by atoms with van der Waals surface area (Å²) in [7, 11) is 2.13. The molecule has 3 aromatic rings. The first-order valence-electron chi connectivity index (χ1n) is 13.9. The van der Waals surface area contributed by atoms with E-state index in [-0.39, 0.29) is 29.8 Å². The second kappa shape index (κ2) is 12.7. The third-order valence-corrected chi connectivity index (χ3v) is 7.69. The molecule has 0 saturated carbocycles. The third kappa shape index (κ3) is 7.22. The number of aromatic nitrogens is 2. The lowest BCUT2D eigenvalue weighted by Crippen LogP contribution is -2.34. The van der Waals surface area contributed by atoms with Gasteiger partial charge in [0.2, 0.25) is 0 Å². The highest BCUT2D eigenvalue weighted by atomic mass is 19.1. The first kappa shape index (κ1) is 28.6. The number of hydrogen-bond acceptors (Lipinski definition) is 8. The van der Waals surface area contributed by atoms with E-state index in [1.54, 1.807) is 0 Å². The number of carbonyl (C=O) groups excluding carboxylic acids is 1. The van der Waals surface area contributed by atoms with Gasteiger partial charge in [0.15, 0.2) is 11.7 Å². The van der Waals surface area contributed by atoms with Gasteiger partial charge in [0, 0.05) is 37.4 Å². The zero-order valence-electron chi connectivity index (χ0n) is 23.1. The minimum atomic E-state index is -0.698. The Bertz CT molecular complexity index is 1400. The van der Waals surface area contributed by atoms with Crippen LogP contribution in [0.5, 0.6) is 0 Å². The molecule has 2 aromatic carbocycles. The Morgan fingerprint density at radius 1 is 1.10 bits per heavy atom. The summed E-state index contributed by atoms with van der Waals surface area (Å²) in [4.78, 5) is 24.3. The summed E-state index contributed by atoms with van der Waals surface area (Å²) in [5.41, 5.74) is 9.01. The first-order chi connectivity index (χ1) is 19.7. The van der Waals surface area contributed by atoms with Crippen LogP contribution >= 0.6 is 0 Å². The highest BCUT2D eigenvalue weighted by molar-refractivity contribution is 6.14. The molecule has 0 spiro atoms. The molecule has 9 nitrogen and oxygen atoms in total. The number of carbonyl (C=O) groups is 1. The fourth-order valence-electron chi connectivity index (χ4n) is 5.40. The van der Waals surface area contributed by atoms with Crippen LogP contribution in [0, 0.1) is 17.0 Å². The monoisotopic (exact) mass is 563 g/mol. The number of nitrogens with zero attached hydrogens (tertiary/aromatic N) is 3. The quantitative estimate of drug-likeness (QED) is 0.252. The van der Waals surface area contributed by atoms with Gasteiger partial charge < -0.3 is 26.0 Å². The maximum Gasteiger partial charge on any atom is 0.258 e. The van der Waals surface area contributed by atoms with Crippen molar-refractivity contribution < 1.29 is 18.3 Å². The van der Waals surface area contributed by atoms with Crippen LogP contribution in [0.4, 0.5) is 20.3 Å². The third-order valence-electron chi connectivity index (χ3n) is 7.69. The molecule has 0 radical (unpaired) electrons. The van der Waals surface area contributed by atoms with Gasteiger partial charge in [-0.3, -0.25) is 10.2 Å². The Balaban J connectivity index is 1.35. The van der Waals surface area contributed by atoms with Gasteiger partial charge >= 0.3 is 0 Å². The van der Waals surface area contributed by atoms with Crippen molar-refractivity contribution in [1.29, 1.82) is 5.41 Å². The molecule has 2 aliphatic heterocycles. The largest absolute Gasteiger partial charge is 0.382 e. The minimum absolute atomic E-state index is 0.0189. The van der Waals surface area contributed by atoms with Gasteiger partial charge in [-0.05, 0) is 87.1 Å². The fraction of sp³-hybridized carbons (Fsp3) is 0.400. The highest BCUT2D eigenvalue weighted by Gasteiger charge is 2.24. The molecule has 41 heavy (non-hydrogen) atoms. The second-order valence-electron chi connectivity index (χ2n) is 10.8. The lowest BCUT2D eigenvalue weighted by molar-refractivity contribution is 0.0904. The molecule has 11 heteroatoms. The first-order valence-corrected chi connectivity index (χ1v) is 13.9. The summed E-state index contributed by atoms with van der Waals surface area (Å²) in [6, 6.07) is 9.25. The number of hydrogen-bond donors (Lipinski definition) is 4. The summed E-state index contributed by atoms with van der Waals surface area (Å²) in [6.45, 7) is 3.38. The Kier molecular flexibility index (Phi) is 8.84. The summed E-state index contributed by atoms with van der Waals surface area (Å²) in [5, 5.41) is 14.7. The van der Waals surface area contributed by atoms with E-state index in [1.807, 2.05) is 12.1 Å². The molecule has 0 bridgehead atoms. The minimum Gasteiger partial charge on any atom is -0.382 e. The average molecular weight is 564 g/mol. The topological polar surface area (TPSA) is 129 Å². The van der Waals surface area contributed by atoms with Crippen LogP contribution in [0.15, 0.2) is 42.6 Å². The van der Waals surface area contributed by atoms with Crippen LogP contribution in [-0.4, -0.2) is 66.0 Å². The molecule has 0 unspecified atom stereocenters. The molecule has 5 N–H and O–H groups in total. The Morgan fingerprint density at radius 2 is 1.80 bits per heavy atom. The molecule has 3 heterocycles. The molecule has 1 aromatic heterocycles. The van der Waals surface area contributed by atoms with Crippen molar-refractivity contribution in [2.24, 2.45) is 0 Å². The number of nitrogen functional groups attached to an aromatic ring is 1. The zero-order valence-corrected chi connectivity index (χ0v) is 23.1. The number of benzene rings is 2. The normalized spacial score (nSPS) is 16.9. The number of likely N-dealkylation sites (tertiary alicyclic amines) is 1. The Labute approximate surface area is 238 Å². The van der Waals surface area contributed by atoms with Crippen molar-refractivity contribution in [3.05, 3.63) is 82.3 Å². The Hall–Kier alpha value is -3.96. The van der Waals surface area contributed by atoms with Crippen molar-refractivity contribution in [3.63, 3.8) is 0 Å². The lowest BCUT2D eigenvalue weighted by Gasteiger charge is -2.30. The average Bonchev–Trinajstić information content (AvgIpc) is 2.94. The van der Waals surface area contributed by atoms with Crippen molar-refractivity contribution >= 4 is 23.2 Å². The molecule has 216 valence electrons. The zero-order chi connectivity index (χ0) is 28.9. The number of ether oxygens (including phenoxy) is 1. The van der Waals surface area contributed by atoms with Crippen LogP contribution in [0.25, 0.3) is 0 Å². The van der Waals surface area contributed by atoms with Gasteiger partial charge in [-0.1, -0.05) is 6.07 Å². The lowest BCUT2D eigenvalue weighted by atomic mass is 9.88. The predicted molar refractivity (Wildman–Crippen MR) is 153 cm³/mol. The number of nitrogens with two attached hydrogens (primary N) is 1. The number of nitrogens with one attached hydrogen (secondary N) is 3. The summed E-state index contributed by atoms with van der Waals surface area (Å²) in [5.74, 6) is -1.81. The SMILES string of the molecule is CN1CCC(c2ccc(C(=O)NC(=N)c3nc(Cc4cc(F)cc(F)c4)cnc3N)c(NC3CCOCC3)c2)CC1. The molecular weight excluding hydrogens is 528 g/mol. The van der Waals surface area contributed by atoms with E-state index in [9.17, 15) is 13.6 Å². The van der Waals surface area contributed by atoms with Gasteiger partial charge in [-0.25, -0.2) is 18.7 Å². The van der Waals surface area contributed by atoms with E-state index >= 15 is 0 Å². The number of halogens is 2. The van der Waals surface area contributed by atoms with Crippen LogP contribution in [0.2, 0.25) is 0 Å². The summed E-state index contributed by atoms with van der Waals surface area (Å²) < 4.78 is 32.8. The van der Waals surface area contributed by atoms with E-state index in [2.05, 4.69) is 38.6 Å². The maximum absolute atomic E-state index is 13.6. The van der Waals surface area contributed by atoms with Crippen LogP contribution in [-0.2, 0) is 11.2 Å². The number of anilines is 2. The number of piperidine rings is 1. The maximum atomic E-state index is 13.6. The molecule has 2 aliphatic rings. The van der Waals surface area contributed by atoms with Crippen LogP contribution in [0.1, 0.15) is 64.5 Å². The molecule has 0 aliphatic carbocycles. The Morgan fingerprint density at radius 3 is 2.51 bits per heavy atom. The standard InChI is InChI=1S/C30H35F2N7O2/c1-39-8-4-19(5-9-39)20-2-3-25(26(15-20)36-23-6-10-41-11-7-23)30(40)38-29(34)27-28(33)35-17-24(37-27)14-18-12-21(31)16-22(32)13-18/h2-3,12-13,15-17,19,23,36H,4-11,14H2,1H3,(H2,33,35)(H2,34,38,40). The van der Waals surface area contributed by atoms with E-state index < -0.39 is 17.5 Å². The number of amides is 1. The fourth-order valence-corrected chi connectivity index (χ4v) is 5.40. The molecule has 2 saturated heterocycles. The predicted octanol–water partition coefficient (Wildman–Crippen LogP) is 4.08. The van der Waals surface area contributed by atoms with Crippen LogP contribution in [0.3, 0.4) is 0 Å². The van der Waals surface area contributed by atoms with E-state index in [4.69, 9.17) is 15.9 Å². The molecular formula is C30H35F2N7O2. The van der Waals surface area contributed by atoms with E-state index in [0.717, 1.165) is 50.5 Å². The second-order valence-corrected chi connectivity index (χ2v) is 10.8. The molecule has 2 fully saturated rings. The molecule has 0 atom stereocenters. The van der Waals surface area contributed by atoms with Crippen molar-refractivity contribution in [1.82, 2.24) is 20.2 Å². The van der Waals surface area contributed by atoms with E-state index in [0.29, 0.717) is 36.0 Å². The summed E-state index contributed by atoms with van der Waals surface area (Å²) in [6.07, 6.45) is 5.25. The number of amidine groups is 1. The van der Waals surface area contributed by atoms with Gasteiger partial charge in [-0.2, -0.15) is 0 Å². The van der Waals surface area contributed by atoms with Gasteiger partial charge in [0.05, 0.1) is 17.5 Å². The molecule has 5 rings (SSSR count). The van der Waals surface area contributed by atoms with Crippen LogP contribution < -0.4 is 16.4 Å². The van der Waals surface area contributed by atoms with E-state index in [1.165, 1.54) is 23.9 Å². The van der Waals surface area contributed by atoms with Crippen molar-refractivity contribution in [2.75, 3.05) is 44.4 Å². The van der Waals surface area contributed by atoms with Gasteiger partial charge in [0.1, 0.15) is 17.3 Å². The van der Waals surface area contributed by atoms with Gasteiger partial charge in [0.25, 0.3) is 5.91 Å². The van der Waals surface area contributed by atoms with Crippen molar-refractivity contribution in [2.45, 2.75) is 44.1 Å². The summed E-state index contributed by atoms with van der Waals surface area (Å²) >= 11 is 0. The highest BCUT2D eigenvalue weighted by Crippen LogP contribution is 2.31. The van der Waals surface area contributed by atoms with Crippen molar-refractivity contribution in [3.8, 4) is 0 Å². The number of rotatable bonds is 7. The molecule has 1 amide bonds. The van der Waals surface area contributed by atoms with Gasteiger partial charge in [-0.15, -0.1) is 0 Å².